The molecule has 0 amide bonds. The van der Waals surface area contributed by atoms with Crippen LogP contribution in [0.4, 0.5) is 0 Å². The van der Waals surface area contributed by atoms with Crippen molar-refractivity contribution >= 4 is 0 Å². The average molecular weight is 485 g/mol. The van der Waals surface area contributed by atoms with Gasteiger partial charge in [-0.05, 0) is 38.5 Å². The molecule has 0 aromatic heterocycles. The van der Waals surface area contributed by atoms with E-state index in [-0.39, 0.29) is 36.6 Å². The molecule has 0 aromatic rings. The van der Waals surface area contributed by atoms with Crippen LogP contribution >= 0.6 is 0 Å². The Morgan fingerprint density at radius 2 is 0.882 bits per heavy atom. The molecule has 6 heteroatoms. The van der Waals surface area contributed by atoms with Crippen LogP contribution in [0.25, 0.3) is 0 Å². The molecule has 0 radical (unpaired) electrons. The van der Waals surface area contributed by atoms with E-state index in [9.17, 15) is 0 Å². The van der Waals surface area contributed by atoms with Crippen molar-refractivity contribution in [2.75, 3.05) is 26.4 Å². The van der Waals surface area contributed by atoms with Crippen LogP contribution in [0.15, 0.2) is 0 Å². The van der Waals surface area contributed by atoms with Crippen molar-refractivity contribution in [1.82, 2.24) is 0 Å². The largest absolute Gasteiger partial charge is 0.373 e. The van der Waals surface area contributed by atoms with Gasteiger partial charge < -0.3 is 28.4 Å². The van der Waals surface area contributed by atoms with Crippen LogP contribution < -0.4 is 0 Å². The molecule has 1 aliphatic heterocycles. The van der Waals surface area contributed by atoms with Crippen LogP contribution in [-0.2, 0) is 28.4 Å². The van der Waals surface area contributed by atoms with Gasteiger partial charge in [0.15, 0.2) is 5.79 Å². The molecule has 2 aliphatic carbocycles. The first-order valence-corrected chi connectivity index (χ1v) is 14.5. The molecule has 0 aromatic carbocycles. The summed E-state index contributed by atoms with van der Waals surface area (Å²) in [7, 11) is 0. The summed E-state index contributed by atoms with van der Waals surface area (Å²) in [5.74, 6) is -0.501. The Labute approximate surface area is 208 Å². The molecule has 3 rings (SSSR count). The molecule has 3 unspecified atom stereocenters. The Morgan fingerprint density at radius 1 is 0.529 bits per heavy atom. The van der Waals surface area contributed by atoms with Gasteiger partial charge in [0.1, 0.15) is 36.6 Å². The highest BCUT2D eigenvalue weighted by Gasteiger charge is 2.62. The molecule has 1 saturated heterocycles. The SMILES string of the molecule is CCCCOC1C(OCCCC)[C@@H]2OC3(CCCCC3)O[C@@H]2C(OCCCC)[C@@H]1OCCCC. The van der Waals surface area contributed by atoms with Crippen LogP contribution in [0, 0.1) is 0 Å². The Balaban J connectivity index is 1.89. The van der Waals surface area contributed by atoms with Crippen LogP contribution in [0.5, 0.6) is 0 Å². The fourth-order valence-electron chi connectivity index (χ4n) is 5.45. The zero-order valence-corrected chi connectivity index (χ0v) is 22.4. The van der Waals surface area contributed by atoms with Gasteiger partial charge in [-0.1, -0.05) is 59.8 Å². The van der Waals surface area contributed by atoms with Gasteiger partial charge in [0, 0.05) is 39.3 Å². The highest BCUT2D eigenvalue weighted by atomic mass is 16.8. The summed E-state index contributed by atoms with van der Waals surface area (Å²) in [6.45, 7) is 11.6. The van der Waals surface area contributed by atoms with Crippen molar-refractivity contribution in [2.45, 2.75) is 154 Å². The molecule has 3 aliphatic rings. The third-order valence-electron chi connectivity index (χ3n) is 7.49. The fourth-order valence-corrected chi connectivity index (χ4v) is 5.45. The summed E-state index contributed by atoms with van der Waals surface area (Å²) in [6, 6.07) is 0. The number of unbranched alkanes of at least 4 members (excludes halogenated alkanes) is 4. The molecule has 2 saturated carbocycles. The standard InChI is InChI=1S/C28H52O6/c1-5-9-18-29-22-23(30-19-10-6-2)25(32-21-12-8-4)27-26(24(22)31-20-11-7-3)33-28(34-27)16-14-13-15-17-28/h22-27H,5-21H2,1-4H3/t22-,23?,24?,25?,26-,27+/m1/s1. The quantitative estimate of drug-likeness (QED) is 0.244. The lowest BCUT2D eigenvalue weighted by Crippen LogP contribution is -2.65. The molecule has 6 nitrogen and oxygen atoms in total. The number of fused-ring (bicyclic) bond motifs is 1. The minimum atomic E-state index is -0.501. The van der Waals surface area contributed by atoms with Gasteiger partial charge in [-0.3, -0.25) is 0 Å². The monoisotopic (exact) mass is 484 g/mol. The number of hydrogen-bond acceptors (Lipinski definition) is 6. The maximum Gasteiger partial charge on any atom is 0.169 e. The van der Waals surface area contributed by atoms with Gasteiger partial charge in [0.05, 0.1) is 0 Å². The molecule has 1 spiro atoms. The summed E-state index contributed by atoms with van der Waals surface area (Å²) < 4.78 is 39.9. The van der Waals surface area contributed by atoms with Crippen molar-refractivity contribution < 1.29 is 28.4 Å². The van der Waals surface area contributed by atoms with Crippen LogP contribution in [-0.4, -0.2) is 68.8 Å². The van der Waals surface area contributed by atoms with Crippen LogP contribution in [0.1, 0.15) is 111 Å². The Bertz CT molecular complexity index is 497. The fraction of sp³-hybridized carbons (Fsp3) is 1.00. The highest BCUT2D eigenvalue weighted by Crippen LogP contribution is 2.47. The van der Waals surface area contributed by atoms with E-state index in [0.29, 0.717) is 26.4 Å². The predicted octanol–water partition coefficient (Wildman–Crippen LogP) is 6.19. The van der Waals surface area contributed by atoms with E-state index < -0.39 is 5.79 Å². The van der Waals surface area contributed by atoms with Gasteiger partial charge in [0.25, 0.3) is 0 Å². The van der Waals surface area contributed by atoms with Crippen molar-refractivity contribution in [3.05, 3.63) is 0 Å². The van der Waals surface area contributed by atoms with Gasteiger partial charge in [0.2, 0.25) is 0 Å². The predicted molar refractivity (Wildman–Crippen MR) is 134 cm³/mol. The first-order chi connectivity index (χ1) is 16.7. The van der Waals surface area contributed by atoms with E-state index in [1.54, 1.807) is 0 Å². The smallest absolute Gasteiger partial charge is 0.169 e. The molecule has 6 atom stereocenters. The van der Waals surface area contributed by atoms with Crippen molar-refractivity contribution in [3.63, 3.8) is 0 Å². The third kappa shape index (κ3) is 7.39. The summed E-state index contributed by atoms with van der Waals surface area (Å²) in [5.41, 5.74) is 0. The van der Waals surface area contributed by atoms with Gasteiger partial charge >= 0.3 is 0 Å². The van der Waals surface area contributed by atoms with E-state index in [1.165, 1.54) is 6.42 Å². The summed E-state index contributed by atoms with van der Waals surface area (Å²) in [6.07, 6.45) is 12.8. The van der Waals surface area contributed by atoms with E-state index in [4.69, 9.17) is 28.4 Å². The normalized spacial score (nSPS) is 32.8. The lowest BCUT2D eigenvalue weighted by molar-refractivity contribution is -0.244. The molecular formula is C28H52O6. The Hall–Kier alpha value is -0.240. The second kappa shape index (κ2) is 15.1. The molecule has 0 N–H and O–H groups in total. The summed E-state index contributed by atoms with van der Waals surface area (Å²) in [4.78, 5) is 0. The van der Waals surface area contributed by atoms with Crippen LogP contribution in [0.2, 0.25) is 0 Å². The number of ether oxygens (including phenoxy) is 6. The average Bonchev–Trinajstić information content (AvgIpc) is 3.20. The van der Waals surface area contributed by atoms with Gasteiger partial charge in [-0.15, -0.1) is 0 Å². The number of hydrogen-bond donors (Lipinski definition) is 0. The van der Waals surface area contributed by atoms with Crippen LogP contribution in [0.3, 0.4) is 0 Å². The van der Waals surface area contributed by atoms with Crippen molar-refractivity contribution in [3.8, 4) is 0 Å². The van der Waals surface area contributed by atoms with E-state index >= 15 is 0 Å². The lowest BCUT2D eigenvalue weighted by Gasteiger charge is -2.46. The zero-order chi connectivity index (χ0) is 24.2. The molecule has 3 fully saturated rings. The van der Waals surface area contributed by atoms with Gasteiger partial charge in [-0.25, -0.2) is 0 Å². The minimum absolute atomic E-state index is 0.181. The highest BCUT2D eigenvalue weighted by molar-refractivity contribution is 5.08. The maximum absolute atomic E-state index is 6.82. The van der Waals surface area contributed by atoms with Crippen molar-refractivity contribution in [2.24, 2.45) is 0 Å². The van der Waals surface area contributed by atoms with Gasteiger partial charge in [-0.2, -0.15) is 0 Å². The number of rotatable bonds is 16. The second-order valence-electron chi connectivity index (χ2n) is 10.4. The van der Waals surface area contributed by atoms with E-state index in [2.05, 4.69) is 27.7 Å². The molecule has 0 bridgehead atoms. The van der Waals surface area contributed by atoms with E-state index in [0.717, 1.165) is 77.0 Å². The third-order valence-corrected chi connectivity index (χ3v) is 7.49. The Kier molecular flexibility index (Phi) is 12.6. The maximum atomic E-state index is 6.82. The molecule has 200 valence electrons. The summed E-state index contributed by atoms with van der Waals surface area (Å²) in [5, 5.41) is 0. The van der Waals surface area contributed by atoms with Crippen molar-refractivity contribution in [1.29, 1.82) is 0 Å². The summed E-state index contributed by atoms with van der Waals surface area (Å²) >= 11 is 0. The van der Waals surface area contributed by atoms with E-state index in [1.807, 2.05) is 0 Å². The first-order valence-electron chi connectivity index (χ1n) is 14.5. The molecule has 34 heavy (non-hydrogen) atoms. The molecular weight excluding hydrogens is 432 g/mol. The Morgan fingerprint density at radius 3 is 1.24 bits per heavy atom. The first kappa shape index (κ1) is 28.3. The second-order valence-corrected chi connectivity index (χ2v) is 10.4. The minimum Gasteiger partial charge on any atom is -0.373 e. The zero-order valence-electron chi connectivity index (χ0n) is 22.4. The lowest BCUT2D eigenvalue weighted by atomic mass is 9.84. The topological polar surface area (TPSA) is 55.4 Å². The molecule has 1 heterocycles.